The average molecular weight is 393 g/mol. The summed E-state index contributed by atoms with van der Waals surface area (Å²) < 4.78 is 43.7. The Bertz CT molecular complexity index is 809. The van der Waals surface area contributed by atoms with E-state index in [2.05, 4.69) is 15.5 Å². The number of carbonyl (C=O) groups is 1. The molecule has 28 heavy (non-hydrogen) atoms. The van der Waals surface area contributed by atoms with Crippen LogP contribution in [0.1, 0.15) is 18.1 Å². The van der Waals surface area contributed by atoms with E-state index in [-0.39, 0.29) is 12.6 Å². The van der Waals surface area contributed by atoms with Gasteiger partial charge in [-0.3, -0.25) is 0 Å². The van der Waals surface area contributed by atoms with E-state index in [1.54, 1.807) is 12.1 Å². The van der Waals surface area contributed by atoms with Crippen molar-refractivity contribution in [3.63, 3.8) is 0 Å². The summed E-state index contributed by atoms with van der Waals surface area (Å²) in [7, 11) is 0. The molecule has 5 nitrogen and oxygen atoms in total. The van der Waals surface area contributed by atoms with Crippen LogP contribution in [0.2, 0.25) is 0 Å². The Hall–Kier alpha value is -2.74. The number of ether oxygens (including phenoxy) is 1. The van der Waals surface area contributed by atoms with Crippen molar-refractivity contribution >= 4 is 17.4 Å². The van der Waals surface area contributed by atoms with E-state index in [9.17, 15) is 18.0 Å². The maximum Gasteiger partial charge on any atom is 0.416 e. The van der Waals surface area contributed by atoms with E-state index in [0.717, 1.165) is 30.9 Å². The molecule has 0 aromatic heterocycles. The molecular formula is C20H22F3N3O2. The van der Waals surface area contributed by atoms with Gasteiger partial charge in [0.1, 0.15) is 0 Å². The second-order valence-electron chi connectivity index (χ2n) is 6.68. The second-order valence-corrected chi connectivity index (χ2v) is 6.68. The predicted molar refractivity (Wildman–Crippen MR) is 101 cm³/mol. The normalized spacial score (nSPS) is 17.3. The van der Waals surface area contributed by atoms with E-state index in [4.69, 9.17) is 4.74 Å². The van der Waals surface area contributed by atoms with Gasteiger partial charge in [-0.1, -0.05) is 12.1 Å². The van der Waals surface area contributed by atoms with Crippen molar-refractivity contribution in [3.8, 4) is 0 Å². The highest BCUT2D eigenvalue weighted by Gasteiger charge is 2.30. The van der Waals surface area contributed by atoms with Gasteiger partial charge in [0, 0.05) is 31.0 Å². The highest BCUT2D eigenvalue weighted by molar-refractivity contribution is 5.89. The van der Waals surface area contributed by atoms with Crippen molar-refractivity contribution in [2.45, 2.75) is 25.7 Å². The Morgan fingerprint density at radius 1 is 1.21 bits per heavy atom. The molecule has 2 aromatic carbocycles. The molecule has 0 spiro atoms. The molecule has 1 aliphatic heterocycles. The van der Waals surface area contributed by atoms with Gasteiger partial charge in [-0.2, -0.15) is 13.2 Å². The van der Waals surface area contributed by atoms with Crippen LogP contribution in [-0.4, -0.2) is 31.8 Å². The number of amides is 2. The third-order valence-corrected chi connectivity index (χ3v) is 4.44. The molecule has 1 saturated heterocycles. The number of anilines is 2. The minimum absolute atomic E-state index is 0.000493. The molecule has 1 atom stereocenters. The van der Waals surface area contributed by atoms with Crippen LogP contribution in [0.3, 0.4) is 0 Å². The topological polar surface area (TPSA) is 53.6 Å². The molecule has 150 valence electrons. The molecule has 2 N–H and O–H groups in total. The van der Waals surface area contributed by atoms with Gasteiger partial charge < -0.3 is 20.3 Å². The molecule has 0 aliphatic carbocycles. The van der Waals surface area contributed by atoms with Gasteiger partial charge >= 0.3 is 12.2 Å². The van der Waals surface area contributed by atoms with Gasteiger partial charge in [0.2, 0.25) is 0 Å². The van der Waals surface area contributed by atoms with Crippen LogP contribution in [0.15, 0.2) is 48.5 Å². The minimum atomic E-state index is -4.40. The summed E-state index contributed by atoms with van der Waals surface area (Å²) in [6, 6.07) is 11.8. The summed E-state index contributed by atoms with van der Waals surface area (Å²) in [6.45, 7) is 4.33. The summed E-state index contributed by atoms with van der Waals surface area (Å²) in [5, 5.41) is 5.25. The van der Waals surface area contributed by atoms with Gasteiger partial charge in [0.15, 0.2) is 0 Å². The van der Waals surface area contributed by atoms with Gasteiger partial charge in [0.25, 0.3) is 0 Å². The highest BCUT2D eigenvalue weighted by Crippen LogP contribution is 2.29. The molecular weight excluding hydrogens is 371 g/mol. The van der Waals surface area contributed by atoms with Crippen LogP contribution < -0.4 is 15.5 Å². The number of halogens is 3. The van der Waals surface area contributed by atoms with Crippen molar-refractivity contribution in [1.82, 2.24) is 5.32 Å². The standard InChI is InChI=1S/C20H22F3N3O2/c1-14-13-26(9-10-28-14)18-7-5-17(6-8-18)25-19(27)24-12-15-3-2-4-16(11-15)20(21,22)23/h2-8,11,14H,9-10,12-13H2,1H3,(H2,24,25,27). The fraction of sp³-hybridized carbons (Fsp3) is 0.350. The Kier molecular flexibility index (Phi) is 6.08. The van der Waals surface area contributed by atoms with Crippen molar-refractivity contribution in [3.05, 3.63) is 59.7 Å². The summed E-state index contributed by atoms with van der Waals surface area (Å²) in [5.74, 6) is 0. The maximum absolute atomic E-state index is 12.7. The zero-order valence-electron chi connectivity index (χ0n) is 15.4. The average Bonchev–Trinajstić information content (AvgIpc) is 2.66. The number of nitrogens with zero attached hydrogens (tertiary/aromatic N) is 1. The SMILES string of the molecule is CC1CN(c2ccc(NC(=O)NCc3cccc(C(F)(F)F)c3)cc2)CCO1. The number of rotatable bonds is 4. The first-order valence-electron chi connectivity index (χ1n) is 8.99. The van der Waals surface area contributed by atoms with Crippen molar-refractivity contribution in [2.75, 3.05) is 29.9 Å². The minimum Gasteiger partial charge on any atom is -0.375 e. The first-order valence-corrected chi connectivity index (χ1v) is 8.99. The number of hydrogen-bond acceptors (Lipinski definition) is 3. The number of hydrogen-bond donors (Lipinski definition) is 2. The zero-order valence-corrected chi connectivity index (χ0v) is 15.4. The number of benzene rings is 2. The van der Waals surface area contributed by atoms with E-state index >= 15 is 0 Å². The Labute approximate surface area is 161 Å². The molecule has 1 fully saturated rings. The van der Waals surface area contributed by atoms with E-state index < -0.39 is 17.8 Å². The van der Waals surface area contributed by atoms with Gasteiger partial charge in [0.05, 0.1) is 18.3 Å². The zero-order chi connectivity index (χ0) is 20.1. The van der Waals surface area contributed by atoms with Crippen LogP contribution >= 0.6 is 0 Å². The van der Waals surface area contributed by atoms with Crippen LogP contribution in [-0.2, 0) is 17.5 Å². The third-order valence-electron chi connectivity index (χ3n) is 4.44. The number of alkyl halides is 3. The van der Waals surface area contributed by atoms with Crippen LogP contribution in [0.4, 0.5) is 29.3 Å². The molecule has 2 aromatic rings. The number of carbonyl (C=O) groups excluding carboxylic acids is 1. The second kappa shape index (κ2) is 8.52. The lowest BCUT2D eigenvalue weighted by Crippen LogP contribution is -2.41. The Morgan fingerprint density at radius 2 is 1.96 bits per heavy atom. The molecule has 0 bridgehead atoms. The Morgan fingerprint density at radius 3 is 2.64 bits per heavy atom. The molecule has 0 saturated carbocycles. The molecule has 3 rings (SSSR count). The molecule has 2 amide bonds. The van der Waals surface area contributed by atoms with Gasteiger partial charge in [-0.25, -0.2) is 4.79 Å². The molecule has 0 radical (unpaired) electrons. The lowest BCUT2D eigenvalue weighted by molar-refractivity contribution is -0.137. The van der Waals surface area contributed by atoms with Crippen molar-refractivity contribution in [2.24, 2.45) is 0 Å². The third kappa shape index (κ3) is 5.39. The Balaban J connectivity index is 1.52. The first kappa shape index (κ1) is 20.0. The first-order chi connectivity index (χ1) is 13.3. The number of morpholine rings is 1. The molecule has 1 heterocycles. The van der Waals surface area contributed by atoms with Crippen molar-refractivity contribution in [1.29, 1.82) is 0 Å². The van der Waals surface area contributed by atoms with Gasteiger partial charge in [-0.15, -0.1) is 0 Å². The fourth-order valence-electron chi connectivity index (χ4n) is 3.02. The maximum atomic E-state index is 12.7. The largest absolute Gasteiger partial charge is 0.416 e. The van der Waals surface area contributed by atoms with Gasteiger partial charge in [-0.05, 0) is 48.9 Å². The summed E-state index contributed by atoms with van der Waals surface area (Å²) in [6.07, 6.45) is -4.23. The predicted octanol–water partition coefficient (Wildman–Crippen LogP) is 4.25. The van der Waals surface area contributed by atoms with E-state index in [1.807, 2.05) is 19.1 Å². The summed E-state index contributed by atoms with van der Waals surface area (Å²) >= 11 is 0. The summed E-state index contributed by atoms with van der Waals surface area (Å²) in [5.41, 5.74) is 1.29. The van der Waals surface area contributed by atoms with Crippen LogP contribution in [0, 0.1) is 0 Å². The van der Waals surface area contributed by atoms with Crippen LogP contribution in [0.5, 0.6) is 0 Å². The molecule has 1 aliphatic rings. The number of urea groups is 1. The quantitative estimate of drug-likeness (QED) is 0.817. The fourth-order valence-corrected chi connectivity index (χ4v) is 3.02. The lowest BCUT2D eigenvalue weighted by Gasteiger charge is -2.33. The van der Waals surface area contributed by atoms with E-state index in [1.165, 1.54) is 12.1 Å². The molecule has 8 heteroatoms. The smallest absolute Gasteiger partial charge is 0.375 e. The highest BCUT2D eigenvalue weighted by atomic mass is 19.4. The molecule has 1 unspecified atom stereocenters. The summed E-state index contributed by atoms with van der Waals surface area (Å²) in [4.78, 5) is 14.2. The van der Waals surface area contributed by atoms with Crippen molar-refractivity contribution < 1.29 is 22.7 Å². The number of nitrogens with one attached hydrogen (secondary N) is 2. The lowest BCUT2D eigenvalue weighted by atomic mass is 10.1. The van der Waals surface area contributed by atoms with Crippen LogP contribution in [0.25, 0.3) is 0 Å². The van der Waals surface area contributed by atoms with E-state index in [0.29, 0.717) is 17.9 Å². The monoisotopic (exact) mass is 393 g/mol.